The Kier molecular flexibility index (Phi) is 5.12. The second-order valence-corrected chi connectivity index (χ2v) is 10.5. The molecule has 0 aliphatic rings. The van der Waals surface area contributed by atoms with E-state index in [4.69, 9.17) is 0 Å². The number of hydrogen-bond donors (Lipinski definition) is 0. The van der Waals surface area contributed by atoms with Gasteiger partial charge in [-0.3, -0.25) is 0 Å². The van der Waals surface area contributed by atoms with E-state index < -0.39 is 8.07 Å². The molecule has 120 valence electrons. The fourth-order valence-corrected chi connectivity index (χ4v) is 7.84. The fourth-order valence-electron chi connectivity index (χ4n) is 3.58. The van der Waals surface area contributed by atoms with Crippen LogP contribution in [-0.2, 0) is 0 Å². The van der Waals surface area contributed by atoms with Crippen LogP contribution in [0.5, 0.6) is 0 Å². The highest BCUT2D eigenvalue weighted by atomic mass is 28.3. The standard InChI is InChI=1S/C23H24Si/c1-3-13-23(20-14-7-4-8-15-20)24(2,21-16-9-5-10-17-21)22-18-11-6-12-19-22/h3-19,23H,1-2H3/b13-3-/t23-/m0/s1. The van der Waals surface area contributed by atoms with E-state index in [2.05, 4.69) is 117 Å². The molecule has 0 spiro atoms. The summed E-state index contributed by atoms with van der Waals surface area (Å²) in [4.78, 5) is 0. The van der Waals surface area contributed by atoms with E-state index >= 15 is 0 Å². The molecule has 0 fully saturated rings. The molecule has 0 radical (unpaired) electrons. The summed E-state index contributed by atoms with van der Waals surface area (Å²) in [5.41, 5.74) is 1.81. The molecule has 3 aromatic rings. The van der Waals surface area contributed by atoms with E-state index in [1.807, 2.05) is 0 Å². The van der Waals surface area contributed by atoms with Crippen LogP contribution in [0, 0.1) is 0 Å². The zero-order valence-electron chi connectivity index (χ0n) is 14.4. The second-order valence-electron chi connectivity index (χ2n) is 6.35. The lowest BCUT2D eigenvalue weighted by molar-refractivity contribution is 1.15. The van der Waals surface area contributed by atoms with Crippen molar-refractivity contribution < 1.29 is 0 Å². The summed E-state index contributed by atoms with van der Waals surface area (Å²) >= 11 is 0. The molecule has 0 unspecified atom stereocenters. The minimum Gasteiger partial charge on any atom is -0.0913 e. The van der Waals surface area contributed by atoms with Crippen LogP contribution in [0.2, 0.25) is 6.55 Å². The molecule has 0 saturated carbocycles. The maximum absolute atomic E-state index is 2.50. The lowest BCUT2D eigenvalue weighted by Gasteiger charge is -2.36. The SMILES string of the molecule is C/C=C\[C@@H](c1ccccc1)[Si](C)(c1ccccc1)c1ccccc1. The summed E-state index contributed by atoms with van der Waals surface area (Å²) in [7, 11) is -1.98. The molecule has 24 heavy (non-hydrogen) atoms. The lowest BCUT2D eigenvalue weighted by Crippen LogP contribution is -2.60. The average molecular weight is 329 g/mol. The molecule has 1 heteroatoms. The number of hydrogen-bond acceptors (Lipinski definition) is 0. The van der Waals surface area contributed by atoms with Gasteiger partial charge in [0.1, 0.15) is 8.07 Å². The quantitative estimate of drug-likeness (QED) is 0.467. The third-order valence-electron chi connectivity index (χ3n) is 4.91. The Labute approximate surface area is 146 Å². The van der Waals surface area contributed by atoms with E-state index in [1.54, 1.807) is 0 Å². The molecule has 0 aliphatic carbocycles. The van der Waals surface area contributed by atoms with E-state index in [0.29, 0.717) is 5.54 Å². The second kappa shape index (κ2) is 7.46. The van der Waals surface area contributed by atoms with Crippen LogP contribution in [-0.4, -0.2) is 8.07 Å². The number of rotatable bonds is 5. The highest BCUT2D eigenvalue weighted by Gasteiger charge is 2.39. The van der Waals surface area contributed by atoms with Gasteiger partial charge < -0.3 is 0 Å². The first-order chi connectivity index (χ1) is 11.8. The van der Waals surface area contributed by atoms with E-state index in [1.165, 1.54) is 15.9 Å². The van der Waals surface area contributed by atoms with Gasteiger partial charge in [-0.05, 0) is 12.5 Å². The molecule has 3 aromatic carbocycles. The van der Waals surface area contributed by atoms with E-state index in [-0.39, 0.29) is 0 Å². The summed E-state index contributed by atoms with van der Waals surface area (Å²) in [6, 6.07) is 33.0. The van der Waals surface area contributed by atoms with Gasteiger partial charge in [0.2, 0.25) is 0 Å². The minimum absolute atomic E-state index is 0.411. The molecule has 0 nitrogen and oxygen atoms in total. The molecule has 0 heterocycles. The van der Waals surface area contributed by atoms with Gasteiger partial charge >= 0.3 is 0 Å². The predicted octanol–water partition coefficient (Wildman–Crippen LogP) is 4.78. The lowest BCUT2D eigenvalue weighted by atomic mass is 10.1. The van der Waals surface area contributed by atoms with Crippen LogP contribution >= 0.6 is 0 Å². The van der Waals surface area contributed by atoms with Crippen molar-refractivity contribution in [1.29, 1.82) is 0 Å². The molecule has 0 aromatic heterocycles. The molecule has 3 rings (SSSR count). The normalized spacial score (nSPS) is 13.1. The van der Waals surface area contributed by atoms with Gasteiger partial charge in [-0.2, -0.15) is 0 Å². The molecule has 0 bridgehead atoms. The van der Waals surface area contributed by atoms with Crippen LogP contribution in [0.1, 0.15) is 18.0 Å². The van der Waals surface area contributed by atoms with Crippen molar-refractivity contribution in [2.24, 2.45) is 0 Å². The van der Waals surface area contributed by atoms with Gasteiger partial charge in [0.25, 0.3) is 0 Å². The molecule has 0 aliphatic heterocycles. The first-order valence-electron chi connectivity index (χ1n) is 8.55. The van der Waals surface area contributed by atoms with Crippen molar-refractivity contribution in [3.05, 3.63) is 109 Å². The van der Waals surface area contributed by atoms with E-state index in [0.717, 1.165) is 0 Å². The highest BCUT2D eigenvalue weighted by molar-refractivity contribution is 7.02. The molecular weight excluding hydrogens is 304 g/mol. The molecule has 0 saturated heterocycles. The Morgan fingerprint density at radius 3 is 1.50 bits per heavy atom. The van der Waals surface area contributed by atoms with E-state index in [9.17, 15) is 0 Å². The Hall–Kier alpha value is -2.38. The highest BCUT2D eigenvalue weighted by Crippen LogP contribution is 2.28. The van der Waals surface area contributed by atoms with Crippen LogP contribution in [0.4, 0.5) is 0 Å². The van der Waals surface area contributed by atoms with Crippen molar-refractivity contribution in [3.63, 3.8) is 0 Å². The van der Waals surface area contributed by atoms with Crippen molar-refractivity contribution in [3.8, 4) is 0 Å². The first-order valence-corrected chi connectivity index (χ1v) is 11.1. The average Bonchev–Trinajstić information content (AvgIpc) is 2.67. The van der Waals surface area contributed by atoms with Gasteiger partial charge in [0.15, 0.2) is 0 Å². The fraction of sp³-hybridized carbons (Fsp3) is 0.130. The summed E-state index contributed by atoms with van der Waals surface area (Å²) in [6.07, 6.45) is 4.59. The summed E-state index contributed by atoms with van der Waals surface area (Å²) in [5.74, 6) is 0. The Balaban J connectivity index is 2.24. The maximum atomic E-state index is 2.50. The monoisotopic (exact) mass is 328 g/mol. The van der Waals surface area contributed by atoms with Gasteiger partial charge in [0.05, 0.1) is 0 Å². The predicted molar refractivity (Wildman–Crippen MR) is 108 cm³/mol. The first kappa shape index (κ1) is 16.5. The topological polar surface area (TPSA) is 0 Å². The van der Waals surface area contributed by atoms with Crippen molar-refractivity contribution in [1.82, 2.24) is 0 Å². The third kappa shape index (κ3) is 3.13. The Morgan fingerprint density at radius 1 is 0.667 bits per heavy atom. The smallest absolute Gasteiger partial charge is 0.0913 e. The Morgan fingerprint density at radius 2 is 1.08 bits per heavy atom. The summed E-state index contributed by atoms with van der Waals surface area (Å²) in [5, 5.41) is 2.95. The Bertz CT molecular complexity index is 737. The van der Waals surface area contributed by atoms with Crippen molar-refractivity contribution >= 4 is 18.4 Å². The van der Waals surface area contributed by atoms with Crippen LogP contribution in [0.3, 0.4) is 0 Å². The zero-order chi connectivity index (χ0) is 16.8. The minimum atomic E-state index is -1.98. The van der Waals surface area contributed by atoms with Crippen molar-refractivity contribution in [2.75, 3.05) is 0 Å². The van der Waals surface area contributed by atoms with Gasteiger partial charge in [-0.25, -0.2) is 0 Å². The van der Waals surface area contributed by atoms with Crippen LogP contribution in [0.25, 0.3) is 0 Å². The molecular formula is C23H24Si. The third-order valence-corrected chi connectivity index (χ3v) is 9.75. The maximum Gasteiger partial charge on any atom is 0.126 e. The molecule has 0 amide bonds. The van der Waals surface area contributed by atoms with Gasteiger partial charge in [-0.1, -0.05) is 120 Å². The largest absolute Gasteiger partial charge is 0.126 e. The van der Waals surface area contributed by atoms with Gasteiger partial charge in [-0.15, -0.1) is 0 Å². The van der Waals surface area contributed by atoms with Crippen LogP contribution in [0.15, 0.2) is 103 Å². The molecule has 0 N–H and O–H groups in total. The number of benzene rings is 3. The summed E-state index contributed by atoms with van der Waals surface area (Å²) < 4.78 is 0. The van der Waals surface area contributed by atoms with Crippen molar-refractivity contribution in [2.45, 2.75) is 19.0 Å². The number of allylic oxidation sites excluding steroid dienone is 2. The zero-order valence-corrected chi connectivity index (χ0v) is 15.4. The molecule has 1 atom stereocenters. The van der Waals surface area contributed by atoms with Gasteiger partial charge in [0, 0.05) is 5.54 Å². The van der Waals surface area contributed by atoms with Crippen LogP contribution < -0.4 is 10.4 Å². The summed E-state index contributed by atoms with van der Waals surface area (Å²) in [6.45, 7) is 4.62.